The van der Waals surface area contributed by atoms with Crippen molar-refractivity contribution >= 4 is 59.2 Å². The van der Waals surface area contributed by atoms with Crippen LogP contribution in [-0.4, -0.2) is 61.2 Å². The van der Waals surface area contributed by atoms with Gasteiger partial charge in [-0.1, -0.05) is 119 Å². The zero-order chi connectivity index (χ0) is 26.5. The summed E-state index contributed by atoms with van der Waals surface area (Å²) < 4.78 is 17.7. The van der Waals surface area contributed by atoms with Crippen LogP contribution in [0.4, 0.5) is 0 Å². The van der Waals surface area contributed by atoms with Crippen LogP contribution in [-0.2, 0) is 30.7 Å². The molecule has 0 bridgehead atoms. The first kappa shape index (κ1) is 33.2. The molecule has 4 nitrogen and oxygen atoms in total. The molecule has 2 aromatic carbocycles. The van der Waals surface area contributed by atoms with Gasteiger partial charge in [-0.05, 0) is 55.0 Å². The van der Waals surface area contributed by atoms with Gasteiger partial charge in [0.05, 0.1) is 0 Å². The van der Waals surface area contributed by atoms with Crippen molar-refractivity contribution in [3.63, 3.8) is 0 Å². The molecular weight excluding hydrogens is 482 g/mol. The van der Waals surface area contributed by atoms with Crippen LogP contribution in [0.25, 0.3) is 0 Å². The Hall–Kier alpha value is 0.186. The van der Waals surface area contributed by atoms with Crippen molar-refractivity contribution in [1.29, 1.82) is 0 Å². The molecule has 0 radical (unpaired) electrons. The van der Waals surface area contributed by atoms with Crippen LogP contribution in [0.1, 0.15) is 123 Å². The molecule has 0 spiro atoms. The molecular formula is C29H46KO4P. The maximum atomic E-state index is 12.2. The Balaban J connectivity index is 0.00000612. The summed E-state index contributed by atoms with van der Waals surface area (Å²) in [5, 5.41) is 0. The first-order valence-electron chi connectivity index (χ1n) is 12.0. The van der Waals surface area contributed by atoms with E-state index in [0.717, 1.165) is 33.4 Å². The summed E-state index contributed by atoms with van der Waals surface area (Å²) in [6.45, 7) is 25.8. The third kappa shape index (κ3) is 9.46. The van der Waals surface area contributed by atoms with Gasteiger partial charge in [-0.25, -0.2) is 4.57 Å². The van der Waals surface area contributed by atoms with Crippen LogP contribution in [0, 0.1) is 0 Å². The van der Waals surface area contributed by atoms with Crippen LogP contribution in [0.15, 0.2) is 36.4 Å². The van der Waals surface area contributed by atoms with Crippen molar-refractivity contribution in [2.24, 2.45) is 0 Å². The van der Waals surface area contributed by atoms with Crippen LogP contribution in [0.3, 0.4) is 0 Å². The number of hydrogen-bond acceptors (Lipinski definition) is 2. The van der Waals surface area contributed by atoms with E-state index in [1.165, 1.54) is 0 Å². The van der Waals surface area contributed by atoms with E-state index in [2.05, 4.69) is 95.2 Å². The molecule has 2 rings (SSSR count). The predicted octanol–water partition coefficient (Wildman–Crippen LogP) is 7.43. The maximum absolute atomic E-state index is 12.2. The standard InChI is InChI=1S/C29H45O4P.K.H/c1-26(2,3)21-13-19(14-22(17-21)27(4,5)6)25(33-34(30,31)32)20-15-23(28(7,8)9)18-24(16-20)29(10,11)12;;/h13-18,25H,1-12H3,(H2,30,31,32);;. The Morgan fingerprint density at radius 3 is 0.971 bits per heavy atom. The topological polar surface area (TPSA) is 66.8 Å². The summed E-state index contributed by atoms with van der Waals surface area (Å²) in [7, 11) is -4.78. The van der Waals surface area contributed by atoms with Gasteiger partial charge in [0.1, 0.15) is 6.10 Å². The second-order valence-corrected chi connectivity index (χ2v) is 14.9. The van der Waals surface area contributed by atoms with E-state index in [4.69, 9.17) is 4.52 Å². The SMILES string of the molecule is CC(C)(C)c1cc(C(OP(=O)(O)O)c2cc(C(C)(C)C)cc(C(C)(C)C)c2)cc(C(C)(C)C)c1.[KH]. The number of phosphoric acid groups is 1. The number of benzene rings is 2. The minimum atomic E-state index is -4.78. The summed E-state index contributed by atoms with van der Waals surface area (Å²) in [6.07, 6.45) is -0.896. The zero-order valence-electron chi connectivity index (χ0n) is 23.2. The molecule has 0 aliphatic rings. The van der Waals surface area contributed by atoms with Crippen molar-refractivity contribution in [3.05, 3.63) is 69.8 Å². The van der Waals surface area contributed by atoms with Gasteiger partial charge < -0.3 is 9.79 Å². The predicted molar refractivity (Wildman–Crippen MR) is 150 cm³/mol. The zero-order valence-corrected chi connectivity index (χ0v) is 24.1. The quantitative estimate of drug-likeness (QED) is 0.320. The van der Waals surface area contributed by atoms with Gasteiger partial charge in [-0.15, -0.1) is 0 Å². The van der Waals surface area contributed by atoms with E-state index >= 15 is 0 Å². The van der Waals surface area contributed by atoms with E-state index in [1.54, 1.807) is 0 Å². The van der Waals surface area contributed by atoms with E-state index in [1.807, 2.05) is 24.3 Å². The summed E-state index contributed by atoms with van der Waals surface area (Å²) in [5.74, 6) is 0. The molecule has 6 heteroatoms. The van der Waals surface area contributed by atoms with Gasteiger partial charge >= 0.3 is 59.2 Å². The summed E-state index contributed by atoms with van der Waals surface area (Å²) in [6, 6.07) is 12.5. The van der Waals surface area contributed by atoms with Gasteiger partial charge in [-0.2, -0.15) is 0 Å². The van der Waals surface area contributed by atoms with Crippen LogP contribution >= 0.6 is 7.82 Å². The van der Waals surface area contributed by atoms with Crippen molar-refractivity contribution in [1.82, 2.24) is 0 Å². The third-order valence-electron chi connectivity index (χ3n) is 6.22. The second-order valence-electron chi connectivity index (χ2n) is 13.7. The van der Waals surface area contributed by atoms with Crippen molar-refractivity contribution in [2.75, 3.05) is 0 Å². The number of rotatable bonds is 4. The average molecular weight is 529 g/mol. The van der Waals surface area contributed by atoms with E-state index in [9.17, 15) is 14.4 Å². The van der Waals surface area contributed by atoms with Crippen LogP contribution < -0.4 is 0 Å². The van der Waals surface area contributed by atoms with E-state index < -0.39 is 13.9 Å². The Labute approximate surface area is 256 Å². The van der Waals surface area contributed by atoms with Crippen molar-refractivity contribution in [2.45, 2.75) is 111 Å². The molecule has 0 fully saturated rings. The van der Waals surface area contributed by atoms with Gasteiger partial charge in [0.15, 0.2) is 0 Å². The molecule has 35 heavy (non-hydrogen) atoms. The Kier molecular flexibility index (Phi) is 10.6. The van der Waals surface area contributed by atoms with E-state index in [-0.39, 0.29) is 73.0 Å². The summed E-state index contributed by atoms with van der Waals surface area (Å²) >= 11 is 0. The normalized spacial score (nSPS) is 13.7. The monoisotopic (exact) mass is 528 g/mol. The minimum absolute atomic E-state index is 0. The Morgan fingerprint density at radius 1 is 0.571 bits per heavy atom. The third-order valence-corrected chi connectivity index (χ3v) is 6.71. The molecule has 0 heterocycles. The molecule has 0 unspecified atom stereocenters. The van der Waals surface area contributed by atoms with Crippen LogP contribution in [0.2, 0.25) is 0 Å². The van der Waals surface area contributed by atoms with Gasteiger partial charge in [0, 0.05) is 0 Å². The number of phosphoric ester groups is 1. The van der Waals surface area contributed by atoms with Crippen molar-refractivity contribution < 1.29 is 18.9 Å². The molecule has 0 aliphatic carbocycles. The van der Waals surface area contributed by atoms with Crippen LogP contribution in [0.5, 0.6) is 0 Å². The molecule has 0 saturated heterocycles. The number of hydrogen-bond donors (Lipinski definition) is 2. The molecule has 192 valence electrons. The van der Waals surface area contributed by atoms with E-state index in [0.29, 0.717) is 0 Å². The first-order valence-corrected chi connectivity index (χ1v) is 13.6. The van der Waals surface area contributed by atoms with Gasteiger partial charge in [0.2, 0.25) is 0 Å². The van der Waals surface area contributed by atoms with Gasteiger partial charge in [0.25, 0.3) is 0 Å². The molecule has 0 aromatic heterocycles. The molecule has 0 amide bonds. The molecule has 0 atom stereocenters. The first-order chi connectivity index (χ1) is 15.0. The fourth-order valence-electron chi connectivity index (χ4n) is 3.79. The van der Waals surface area contributed by atoms with Crippen molar-refractivity contribution in [3.8, 4) is 0 Å². The average Bonchev–Trinajstić information content (AvgIpc) is 2.62. The summed E-state index contributed by atoms with van der Waals surface area (Å²) in [5.41, 5.74) is 5.42. The van der Waals surface area contributed by atoms with Gasteiger partial charge in [-0.3, -0.25) is 4.52 Å². The molecule has 2 aromatic rings. The summed E-state index contributed by atoms with van der Waals surface area (Å²) in [4.78, 5) is 19.8. The molecule has 2 N–H and O–H groups in total. The Bertz CT molecular complexity index is 934. The fourth-order valence-corrected chi connectivity index (χ4v) is 4.31. The molecule has 0 aliphatic heterocycles. The Morgan fingerprint density at radius 2 is 0.800 bits per heavy atom. The molecule has 0 saturated carbocycles. The fraction of sp³-hybridized carbons (Fsp3) is 0.586. The second kappa shape index (κ2) is 11.1.